The molecule has 2 aromatic carbocycles. The van der Waals surface area contributed by atoms with E-state index in [-0.39, 0.29) is 12.2 Å². The van der Waals surface area contributed by atoms with Crippen molar-refractivity contribution in [1.82, 2.24) is 0 Å². The lowest BCUT2D eigenvalue weighted by molar-refractivity contribution is -0.142. The molecule has 0 aromatic heterocycles. The zero-order valence-corrected chi connectivity index (χ0v) is 20.8. The van der Waals surface area contributed by atoms with E-state index in [4.69, 9.17) is 23.7 Å². The highest BCUT2D eigenvalue weighted by Crippen LogP contribution is 2.34. The normalized spacial score (nSPS) is 13.3. The monoisotopic (exact) mass is 486 g/mol. The van der Waals surface area contributed by atoms with Crippen LogP contribution in [-0.4, -0.2) is 57.8 Å². The summed E-state index contributed by atoms with van der Waals surface area (Å²) in [5.74, 6) is 1.17. The Morgan fingerprint density at radius 3 is 2.09 bits per heavy atom. The van der Waals surface area contributed by atoms with E-state index in [0.29, 0.717) is 35.0 Å². The van der Waals surface area contributed by atoms with Crippen LogP contribution in [0.4, 0.5) is 0 Å². The van der Waals surface area contributed by atoms with Gasteiger partial charge in [-0.05, 0) is 48.7 Å². The molecule has 2 rings (SSSR count). The molecule has 2 aromatic rings. The first-order valence-corrected chi connectivity index (χ1v) is 11.1. The molecule has 8 heteroatoms. The van der Waals surface area contributed by atoms with E-state index < -0.39 is 24.6 Å². The lowest BCUT2D eigenvalue weighted by Gasteiger charge is -2.23. The molecule has 2 N–H and O–H groups in total. The minimum atomic E-state index is -0.958. The van der Waals surface area contributed by atoms with Crippen LogP contribution in [0.15, 0.2) is 54.1 Å². The molecule has 0 amide bonds. The summed E-state index contributed by atoms with van der Waals surface area (Å²) in [4.78, 5) is 12.3. The number of aliphatic hydroxyl groups is 2. The van der Waals surface area contributed by atoms with Crippen molar-refractivity contribution in [2.24, 2.45) is 5.92 Å². The highest BCUT2D eigenvalue weighted by molar-refractivity contribution is 5.88. The molecule has 0 heterocycles. The van der Waals surface area contributed by atoms with Crippen LogP contribution in [-0.2, 0) is 9.53 Å². The average Bonchev–Trinajstić information content (AvgIpc) is 2.90. The Morgan fingerprint density at radius 2 is 1.51 bits per heavy atom. The Balaban J connectivity index is 2.26. The van der Waals surface area contributed by atoms with Gasteiger partial charge in [-0.25, -0.2) is 4.79 Å². The van der Waals surface area contributed by atoms with Crippen molar-refractivity contribution in [2.45, 2.75) is 19.4 Å². The number of aliphatic hydroxyl groups excluding tert-OH is 2. The van der Waals surface area contributed by atoms with Crippen molar-refractivity contribution in [2.75, 3.05) is 41.7 Å². The first-order chi connectivity index (χ1) is 16.9. The van der Waals surface area contributed by atoms with E-state index in [1.54, 1.807) is 39.3 Å². The highest BCUT2D eigenvalue weighted by Gasteiger charge is 2.24. The summed E-state index contributed by atoms with van der Waals surface area (Å²) < 4.78 is 26.7. The second kappa shape index (κ2) is 14.0. The van der Waals surface area contributed by atoms with Gasteiger partial charge in [0.15, 0.2) is 23.0 Å². The number of allylic oxidation sites excluding steroid dienone is 2. The molecular formula is C27H34O8. The summed E-state index contributed by atoms with van der Waals surface area (Å²) in [6, 6.07) is 10.7. The van der Waals surface area contributed by atoms with Gasteiger partial charge in [-0.3, -0.25) is 0 Å². The summed E-state index contributed by atoms with van der Waals surface area (Å²) in [6.45, 7) is 1.17. The van der Waals surface area contributed by atoms with Gasteiger partial charge in [-0.15, -0.1) is 0 Å². The predicted molar refractivity (Wildman–Crippen MR) is 133 cm³/mol. The Morgan fingerprint density at radius 1 is 0.914 bits per heavy atom. The van der Waals surface area contributed by atoms with E-state index in [1.807, 2.05) is 30.4 Å². The van der Waals surface area contributed by atoms with Gasteiger partial charge < -0.3 is 33.9 Å². The SMILES string of the molecule is C/C=C(/CO)C(=O)OC[C@@H](C/C=C/c1ccc(OC)c(OC)c1)[C@@H](O)c1ccc(OC)c(OC)c1. The van der Waals surface area contributed by atoms with Gasteiger partial charge in [0.2, 0.25) is 0 Å². The molecular weight excluding hydrogens is 452 g/mol. The second-order valence-corrected chi connectivity index (χ2v) is 7.64. The third-order valence-electron chi connectivity index (χ3n) is 5.56. The molecule has 0 saturated heterocycles. The van der Waals surface area contributed by atoms with Gasteiger partial charge in [0.05, 0.1) is 53.3 Å². The van der Waals surface area contributed by atoms with E-state index in [0.717, 1.165) is 5.56 Å². The fourth-order valence-corrected chi connectivity index (χ4v) is 3.48. The van der Waals surface area contributed by atoms with Crippen LogP contribution in [0.1, 0.15) is 30.6 Å². The average molecular weight is 487 g/mol. The van der Waals surface area contributed by atoms with Crippen LogP contribution in [0.5, 0.6) is 23.0 Å². The van der Waals surface area contributed by atoms with Gasteiger partial charge >= 0.3 is 5.97 Å². The quantitative estimate of drug-likeness (QED) is 0.324. The van der Waals surface area contributed by atoms with Crippen LogP contribution < -0.4 is 18.9 Å². The van der Waals surface area contributed by atoms with Gasteiger partial charge in [0.25, 0.3) is 0 Å². The zero-order chi connectivity index (χ0) is 25.8. The van der Waals surface area contributed by atoms with Crippen molar-refractivity contribution >= 4 is 12.0 Å². The number of hydrogen-bond donors (Lipinski definition) is 2. The molecule has 0 aliphatic carbocycles. The van der Waals surface area contributed by atoms with Crippen LogP contribution in [0.3, 0.4) is 0 Å². The fraction of sp³-hybridized carbons (Fsp3) is 0.370. The first-order valence-electron chi connectivity index (χ1n) is 11.1. The number of carbonyl (C=O) groups is 1. The maximum absolute atomic E-state index is 12.3. The number of benzene rings is 2. The molecule has 190 valence electrons. The van der Waals surface area contributed by atoms with Crippen LogP contribution in [0.2, 0.25) is 0 Å². The summed E-state index contributed by atoms with van der Waals surface area (Å²) in [7, 11) is 6.20. The minimum Gasteiger partial charge on any atom is -0.493 e. The van der Waals surface area contributed by atoms with Gasteiger partial charge in [-0.2, -0.15) is 0 Å². The Labute approximate surface area is 206 Å². The first kappa shape index (κ1) is 27.8. The molecule has 8 nitrogen and oxygen atoms in total. The van der Waals surface area contributed by atoms with E-state index in [1.165, 1.54) is 20.3 Å². The molecule has 0 spiro atoms. The van der Waals surface area contributed by atoms with Crippen LogP contribution in [0, 0.1) is 5.92 Å². The topological polar surface area (TPSA) is 104 Å². The summed E-state index contributed by atoms with van der Waals surface area (Å²) in [5.41, 5.74) is 1.64. The van der Waals surface area contributed by atoms with E-state index >= 15 is 0 Å². The maximum atomic E-state index is 12.3. The smallest absolute Gasteiger partial charge is 0.336 e. The molecule has 0 bridgehead atoms. The Bertz CT molecular complexity index is 1030. The minimum absolute atomic E-state index is 0.0536. The third-order valence-corrected chi connectivity index (χ3v) is 5.56. The molecule has 0 saturated carbocycles. The molecule has 0 radical (unpaired) electrons. The number of rotatable bonds is 13. The molecule has 0 fully saturated rings. The lowest BCUT2D eigenvalue weighted by Crippen LogP contribution is -2.22. The molecule has 2 atom stereocenters. The molecule has 0 aliphatic rings. The number of esters is 1. The molecule has 0 aliphatic heterocycles. The third kappa shape index (κ3) is 7.50. The fourth-order valence-electron chi connectivity index (χ4n) is 3.48. The predicted octanol–water partition coefficient (Wildman–Crippen LogP) is 3.96. The van der Waals surface area contributed by atoms with Gasteiger partial charge in [0, 0.05) is 5.92 Å². The summed E-state index contributed by atoms with van der Waals surface area (Å²) >= 11 is 0. The molecule has 0 unspecified atom stereocenters. The largest absolute Gasteiger partial charge is 0.493 e. The summed E-state index contributed by atoms with van der Waals surface area (Å²) in [5, 5.41) is 20.5. The van der Waals surface area contributed by atoms with E-state index in [2.05, 4.69) is 0 Å². The van der Waals surface area contributed by atoms with E-state index in [9.17, 15) is 15.0 Å². The van der Waals surface area contributed by atoms with Crippen LogP contribution >= 0.6 is 0 Å². The number of ether oxygens (including phenoxy) is 5. The standard InChI is InChI=1S/C27H34O8/c1-6-19(16-28)27(30)35-17-21(26(29)20-11-13-23(32-3)25(15-20)34-5)9-7-8-18-10-12-22(31-2)24(14-18)33-4/h6-8,10-15,21,26,28-29H,9,16-17H2,1-5H3/b8-7+,19-6-/t21-,26+/m1/s1. The Kier molecular flexibility index (Phi) is 11.1. The zero-order valence-electron chi connectivity index (χ0n) is 20.8. The molecule has 35 heavy (non-hydrogen) atoms. The number of hydrogen-bond acceptors (Lipinski definition) is 8. The number of carbonyl (C=O) groups excluding carboxylic acids is 1. The second-order valence-electron chi connectivity index (χ2n) is 7.64. The van der Waals surface area contributed by atoms with Gasteiger partial charge in [0.1, 0.15) is 0 Å². The maximum Gasteiger partial charge on any atom is 0.336 e. The van der Waals surface area contributed by atoms with Crippen molar-refractivity contribution in [3.63, 3.8) is 0 Å². The van der Waals surface area contributed by atoms with Crippen molar-refractivity contribution < 1.29 is 38.7 Å². The Hall–Kier alpha value is -3.49. The van der Waals surface area contributed by atoms with Crippen LogP contribution in [0.25, 0.3) is 6.08 Å². The van der Waals surface area contributed by atoms with Crippen molar-refractivity contribution in [3.8, 4) is 23.0 Å². The number of methoxy groups -OCH3 is 4. The van der Waals surface area contributed by atoms with Crippen molar-refractivity contribution in [1.29, 1.82) is 0 Å². The van der Waals surface area contributed by atoms with Gasteiger partial charge in [-0.1, -0.05) is 30.4 Å². The van der Waals surface area contributed by atoms with Crippen molar-refractivity contribution in [3.05, 3.63) is 65.3 Å². The lowest BCUT2D eigenvalue weighted by atomic mass is 9.92. The summed E-state index contributed by atoms with van der Waals surface area (Å²) in [6.07, 6.45) is 4.73. The highest BCUT2D eigenvalue weighted by atomic mass is 16.5.